The standard InChI is InChI=1S/C18H22N4O3/c1-13(17-8-3-4-9-19-17)21-18(24)20-10-11-25-16-7-5-6-15(12-16)22-14(2)23/h3-9,12-13H,10-11H2,1-2H3,(H,22,23)(H2,20,21,24)/t13-/m1/s1. The topological polar surface area (TPSA) is 92.4 Å². The fourth-order valence-electron chi connectivity index (χ4n) is 2.15. The van der Waals surface area contributed by atoms with Crippen LogP contribution in [-0.4, -0.2) is 30.1 Å². The summed E-state index contributed by atoms with van der Waals surface area (Å²) in [4.78, 5) is 27.1. The first-order valence-corrected chi connectivity index (χ1v) is 8.00. The lowest BCUT2D eigenvalue weighted by Gasteiger charge is -2.14. The molecule has 0 aliphatic heterocycles. The maximum Gasteiger partial charge on any atom is 0.315 e. The first-order valence-electron chi connectivity index (χ1n) is 8.00. The highest BCUT2D eigenvalue weighted by atomic mass is 16.5. The second-order valence-corrected chi connectivity index (χ2v) is 5.43. The van der Waals surface area contributed by atoms with Crippen LogP contribution in [0.25, 0.3) is 0 Å². The minimum atomic E-state index is -0.284. The van der Waals surface area contributed by atoms with E-state index in [0.717, 1.165) is 5.69 Å². The molecule has 1 heterocycles. The summed E-state index contributed by atoms with van der Waals surface area (Å²) in [5.41, 5.74) is 1.46. The van der Waals surface area contributed by atoms with Crippen molar-refractivity contribution in [3.63, 3.8) is 0 Å². The Morgan fingerprint density at radius 3 is 2.76 bits per heavy atom. The smallest absolute Gasteiger partial charge is 0.315 e. The summed E-state index contributed by atoms with van der Waals surface area (Å²) in [6.45, 7) is 3.98. The van der Waals surface area contributed by atoms with E-state index in [9.17, 15) is 9.59 Å². The Balaban J connectivity index is 1.70. The number of rotatable bonds is 7. The van der Waals surface area contributed by atoms with Crippen LogP contribution in [0, 0.1) is 0 Å². The molecule has 0 bridgehead atoms. The van der Waals surface area contributed by atoms with E-state index in [1.54, 1.807) is 30.5 Å². The van der Waals surface area contributed by atoms with Gasteiger partial charge in [0, 0.05) is 24.9 Å². The summed E-state index contributed by atoms with van der Waals surface area (Å²) in [6, 6.07) is 12.2. The van der Waals surface area contributed by atoms with E-state index in [1.165, 1.54) is 6.92 Å². The minimum Gasteiger partial charge on any atom is -0.492 e. The number of nitrogens with one attached hydrogen (secondary N) is 3. The molecule has 7 nitrogen and oxygen atoms in total. The van der Waals surface area contributed by atoms with Crippen LogP contribution >= 0.6 is 0 Å². The molecule has 0 unspecified atom stereocenters. The van der Waals surface area contributed by atoms with Crippen molar-refractivity contribution in [2.45, 2.75) is 19.9 Å². The summed E-state index contributed by atoms with van der Waals surface area (Å²) in [5.74, 6) is 0.479. The average Bonchev–Trinajstić information content (AvgIpc) is 2.59. The Hall–Kier alpha value is -3.09. The fraction of sp³-hybridized carbons (Fsp3) is 0.278. The van der Waals surface area contributed by atoms with Crippen LogP contribution in [0.4, 0.5) is 10.5 Å². The van der Waals surface area contributed by atoms with Gasteiger partial charge >= 0.3 is 6.03 Å². The lowest BCUT2D eigenvalue weighted by molar-refractivity contribution is -0.114. The molecule has 1 aromatic carbocycles. The Labute approximate surface area is 146 Å². The van der Waals surface area contributed by atoms with Crippen LogP contribution in [0.3, 0.4) is 0 Å². The number of nitrogens with zero attached hydrogens (tertiary/aromatic N) is 1. The maximum atomic E-state index is 11.9. The van der Waals surface area contributed by atoms with E-state index in [1.807, 2.05) is 25.1 Å². The van der Waals surface area contributed by atoms with Gasteiger partial charge in [-0.3, -0.25) is 9.78 Å². The van der Waals surface area contributed by atoms with Crippen LogP contribution < -0.4 is 20.7 Å². The first-order chi connectivity index (χ1) is 12.0. The predicted molar refractivity (Wildman–Crippen MR) is 95.4 cm³/mol. The van der Waals surface area contributed by atoms with Gasteiger partial charge in [0.15, 0.2) is 0 Å². The minimum absolute atomic E-state index is 0.141. The van der Waals surface area contributed by atoms with Crippen LogP contribution in [0.5, 0.6) is 5.75 Å². The molecule has 132 valence electrons. The molecular weight excluding hydrogens is 320 g/mol. The molecule has 0 aliphatic carbocycles. The summed E-state index contributed by atoms with van der Waals surface area (Å²) in [6.07, 6.45) is 1.69. The normalized spacial score (nSPS) is 11.3. The Morgan fingerprint density at radius 1 is 1.20 bits per heavy atom. The number of amides is 3. The third kappa shape index (κ3) is 6.50. The molecule has 0 spiro atoms. The molecule has 1 aromatic heterocycles. The number of aromatic nitrogens is 1. The average molecular weight is 342 g/mol. The maximum absolute atomic E-state index is 11.9. The quantitative estimate of drug-likeness (QED) is 0.674. The van der Waals surface area contributed by atoms with E-state index < -0.39 is 0 Å². The molecule has 3 amide bonds. The summed E-state index contributed by atoms with van der Waals surface area (Å²) < 4.78 is 5.56. The number of ether oxygens (including phenoxy) is 1. The van der Waals surface area contributed by atoms with Gasteiger partial charge in [-0.2, -0.15) is 0 Å². The van der Waals surface area contributed by atoms with Gasteiger partial charge in [0.2, 0.25) is 5.91 Å². The van der Waals surface area contributed by atoms with Crippen LogP contribution in [0.15, 0.2) is 48.7 Å². The molecule has 0 saturated heterocycles. The number of hydrogen-bond donors (Lipinski definition) is 3. The van der Waals surface area contributed by atoms with Gasteiger partial charge in [0.25, 0.3) is 0 Å². The first kappa shape index (κ1) is 18.3. The monoisotopic (exact) mass is 342 g/mol. The van der Waals surface area contributed by atoms with E-state index in [4.69, 9.17) is 4.74 Å². The highest BCUT2D eigenvalue weighted by Gasteiger charge is 2.09. The van der Waals surface area contributed by atoms with Crippen molar-refractivity contribution in [1.29, 1.82) is 0 Å². The third-order valence-electron chi connectivity index (χ3n) is 3.29. The summed E-state index contributed by atoms with van der Waals surface area (Å²) in [7, 11) is 0. The zero-order chi connectivity index (χ0) is 18.1. The van der Waals surface area contributed by atoms with Crippen LogP contribution in [-0.2, 0) is 4.79 Å². The molecule has 0 radical (unpaired) electrons. The summed E-state index contributed by atoms with van der Waals surface area (Å²) >= 11 is 0. The zero-order valence-electron chi connectivity index (χ0n) is 14.3. The van der Waals surface area contributed by atoms with Gasteiger partial charge < -0.3 is 20.7 Å². The van der Waals surface area contributed by atoms with Crippen LogP contribution in [0.1, 0.15) is 25.6 Å². The SMILES string of the molecule is CC(=O)Nc1cccc(OCCNC(=O)N[C@H](C)c2ccccn2)c1. The predicted octanol–water partition coefficient (Wildman–Crippen LogP) is 2.48. The lowest BCUT2D eigenvalue weighted by Crippen LogP contribution is -2.39. The molecule has 0 aliphatic rings. The molecule has 0 fully saturated rings. The molecule has 3 N–H and O–H groups in total. The Morgan fingerprint density at radius 2 is 2.04 bits per heavy atom. The molecule has 7 heteroatoms. The second-order valence-electron chi connectivity index (χ2n) is 5.43. The number of hydrogen-bond acceptors (Lipinski definition) is 4. The second kappa shape index (κ2) is 9.27. The van der Waals surface area contributed by atoms with Crippen molar-refractivity contribution in [3.8, 4) is 5.75 Å². The van der Waals surface area contributed by atoms with Gasteiger partial charge in [-0.25, -0.2) is 4.79 Å². The number of carbonyl (C=O) groups is 2. The highest BCUT2D eigenvalue weighted by molar-refractivity contribution is 5.88. The molecule has 25 heavy (non-hydrogen) atoms. The van der Waals surface area contributed by atoms with Gasteiger partial charge in [0.05, 0.1) is 18.3 Å². The van der Waals surface area contributed by atoms with E-state index in [2.05, 4.69) is 20.9 Å². The highest BCUT2D eigenvalue weighted by Crippen LogP contribution is 2.17. The number of pyridine rings is 1. The number of urea groups is 1. The molecular formula is C18H22N4O3. The number of benzene rings is 1. The van der Waals surface area contributed by atoms with Gasteiger partial charge in [-0.05, 0) is 31.2 Å². The van der Waals surface area contributed by atoms with Crippen molar-refractivity contribution in [3.05, 3.63) is 54.4 Å². The van der Waals surface area contributed by atoms with Gasteiger partial charge in [-0.1, -0.05) is 12.1 Å². The molecule has 2 rings (SSSR count). The molecule has 2 aromatic rings. The van der Waals surface area contributed by atoms with Crippen molar-refractivity contribution in [1.82, 2.24) is 15.6 Å². The van der Waals surface area contributed by atoms with E-state index in [-0.39, 0.29) is 18.0 Å². The largest absolute Gasteiger partial charge is 0.492 e. The third-order valence-corrected chi connectivity index (χ3v) is 3.29. The van der Waals surface area contributed by atoms with E-state index >= 15 is 0 Å². The Bertz CT molecular complexity index is 706. The van der Waals surface area contributed by atoms with Crippen molar-refractivity contribution in [2.24, 2.45) is 0 Å². The fourth-order valence-corrected chi connectivity index (χ4v) is 2.15. The van der Waals surface area contributed by atoms with Gasteiger partial charge in [0.1, 0.15) is 12.4 Å². The van der Waals surface area contributed by atoms with E-state index in [0.29, 0.717) is 24.6 Å². The zero-order valence-corrected chi connectivity index (χ0v) is 14.3. The molecule has 0 saturated carbocycles. The van der Waals surface area contributed by atoms with Crippen LogP contribution in [0.2, 0.25) is 0 Å². The lowest BCUT2D eigenvalue weighted by atomic mass is 10.2. The number of carbonyl (C=O) groups excluding carboxylic acids is 2. The molecule has 1 atom stereocenters. The van der Waals surface area contributed by atoms with Crippen molar-refractivity contribution in [2.75, 3.05) is 18.5 Å². The van der Waals surface area contributed by atoms with Crippen molar-refractivity contribution >= 4 is 17.6 Å². The Kier molecular flexibility index (Phi) is 6.76. The van der Waals surface area contributed by atoms with Crippen molar-refractivity contribution < 1.29 is 14.3 Å². The van der Waals surface area contributed by atoms with Gasteiger partial charge in [-0.15, -0.1) is 0 Å². The summed E-state index contributed by atoms with van der Waals surface area (Å²) in [5, 5.41) is 8.22. The number of anilines is 1.